The van der Waals surface area contributed by atoms with Gasteiger partial charge in [-0.2, -0.15) is 13.2 Å². The van der Waals surface area contributed by atoms with Crippen LogP contribution >= 0.6 is 24.0 Å². The minimum atomic E-state index is -4.39. The fourth-order valence-corrected chi connectivity index (χ4v) is 2.11. The molecule has 0 radical (unpaired) electrons. The van der Waals surface area contributed by atoms with Crippen molar-refractivity contribution in [3.05, 3.63) is 23.9 Å². The molecule has 0 unspecified atom stereocenters. The van der Waals surface area contributed by atoms with Crippen LogP contribution in [0.2, 0.25) is 0 Å². The number of nitrogens with one attached hydrogen (secondary N) is 3. The highest BCUT2D eigenvalue weighted by molar-refractivity contribution is 14.0. The maximum absolute atomic E-state index is 12.1. The van der Waals surface area contributed by atoms with Crippen LogP contribution in [0.3, 0.4) is 0 Å². The van der Waals surface area contributed by atoms with Crippen LogP contribution in [0.5, 0.6) is 5.88 Å². The summed E-state index contributed by atoms with van der Waals surface area (Å²) < 4.78 is 40.9. The van der Waals surface area contributed by atoms with Crippen LogP contribution in [0.15, 0.2) is 23.3 Å². The lowest BCUT2D eigenvalue weighted by Gasteiger charge is -2.12. The van der Waals surface area contributed by atoms with Crippen molar-refractivity contribution in [2.45, 2.75) is 32.5 Å². The predicted octanol–water partition coefficient (Wildman–Crippen LogP) is 2.22. The third-order valence-electron chi connectivity index (χ3n) is 3.61. The highest BCUT2D eigenvalue weighted by Gasteiger charge is 2.29. The van der Waals surface area contributed by atoms with Gasteiger partial charge in [-0.3, -0.25) is 4.79 Å². The summed E-state index contributed by atoms with van der Waals surface area (Å²) in [4.78, 5) is 19.8. The van der Waals surface area contributed by atoms with Crippen molar-refractivity contribution in [2.75, 3.05) is 26.2 Å². The number of rotatable bonds is 9. The molecule has 158 valence electrons. The lowest BCUT2D eigenvalue weighted by Crippen LogP contribution is -2.41. The number of aliphatic imine (C=N–C) groups is 1. The van der Waals surface area contributed by atoms with Crippen LogP contribution in [-0.2, 0) is 11.3 Å². The average molecular weight is 515 g/mol. The summed E-state index contributed by atoms with van der Waals surface area (Å²) in [5.41, 5.74) is 0.730. The smallest absolute Gasteiger partial charge is 0.422 e. The van der Waals surface area contributed by atoms with Crippen molar-refractivity contribution in [2.24, 2.45) is 10.9 Å². The largest absolute Gasteiger partial charge is 0.468 e. The average Bonchev–Trinajstić information content (AvgIpc) is 3.46. The van der Waals surface area contributed by atoms with Gasteiger partial charge >= 0.3 is 6.18 Å². The number of hydrogen-bond donors (Lipinski definition) is 3. The summed E-state index contributed by atoms with van der Waals surface area (Å²) in [6.07, 6.45) is -1.03. The number of alkyl halides is 3. The zero-order valence-electron chi connectivity index (χ0n) is 15.5. The van der Waals surface area contributed by atoms with Crippen molar-refractivity contribution >= 4 is 35.8 Å². The first-order valence-corrected chi connectivity index (χ1v) is 8.81. The van der Waals surface area contributed by atoms with Gasteiger partial charge < -0.3 is 20.7 Å². The minimum absolute atomic E-state index is 0. The maximum Gasteiger partial charge on any atom is 0.422 e. The van der Waals surface area contributed by atoms with Crippen LogP contribution in [0.4, 0.5) is 13.2 Å². The van der Waals surface area contributed by atoms with Crippen molar-refractivity contribution in [3.63, 3.8) is 0 Å². The fourth-order valence-electron chi connectivity index (χ4n) is 2.11. The third-order valence-corrected chi connectivity index (χ3v) is 3.61. The number of amides is 1. The summed E-state index contributed by atoms with van der Waals surface area (Å²) in [5.74, 6) is 0.771. The van der Waals surface area contributed by atoms with Crippen LogP contribution in [-0.4, -0.2) is 49.3 Å². The van der Waals surface area contributed by atoms with Crippen molar-refractivity contribution in [1.82, 2.24) is 20.9 Å². The number of aromatic nitrogens is 1. The van der Waals surface area contributed by atoms with Crippen LogP contribution < -0.4 is 20.7 Å². The van der Waals surface area contributed by atoms with Gasteiger partial charge in [0, 0.05) is 37.8 Å². The summed E-state index contributed by atoms with van der Waals surface area (Å²) >= 11 is 0. The van der Waals surface area contributed by atoms with E-state index in [1.54, 1.807) is 6.07 Å². The Morgan fingerprint density at radius 1 is 1.25 bits per heavy atom. The predicted molar refractivity (Wildman–Crippen MR) is 110 cm³/mol. The third kappa shape index (κ3) is 9.95. The Hall–Kier alpha value is -1.79. The van der Waals surface area contributed by atoms with Gasteiger partial charge in [-0.25, -0.2) is 9.98 Å². The van der Waals surface area contributed by atoms with E-state index in [0.717, 1.165) is 18.4 Å². The van der Waals surface area contributed by atoms with E-state index in [1.165, 1.54) is 12.3 Å². The van der Waals surface area contributed by atoms with E-state index in [1.807, 2.05) is 6.92 Å². The highest BCUT2D eigenvalue weighted by atomic mass is 127. The molecule has 0 aromatic carbocycles. The molecular weight excluding hydrogens is 490 g/mol. The van der Waals surface area contributed by atoms with Crippen molar-refractivity contribution in [1.29, 1.82) is 0 Å². The number of ether oxygens (including phenoxy) is 1. The first-order valence-electron chi connectivity index (χ1n) is 8.81. The Balaban J connectivity index is 0.00000392. The van der Waals surface area contributed by atoms with Crippen molar-refractivity contribution in [3.8, 4) is 5.88 Å². The molecule has 0 bridgehead atoms. The SMILES string of the molecule is CCNC(=NCc1ccc(OCC(F)(F)F)nc1)NCCNC(=O)C1CC1.I. The quantitative estimate of drug-likeness (QED) is 0.203. The Morgan fingerprint density at radius 3 is 2.54 bits per heavy atom. The fraction of sp³-hybridized carbons (Fsp3) is 0.588. The number of carbonyl (C=O) groups excluding carboxylic acids is 1. The first-order chi connectivity index (χ1) is 12.9. The summed E-state index contributed by atoms with van der Waals surface area (Å²) in [6.45, 7) is 2.57. The number of pyridine rings is 1. The lowest BCUT2D eigenvalue weighted by atomic mass is 10.3. The van der Waals surface area contributed by atoms with Gasteiger partial charge in [0.1, 0.15) is 0 Å². The van der Waals surface area contributed by atoms with E-state index >= 15 is 0 Å². The summed E-state index contributed by atoms with van der Waals surface area (Å²) in [5, 5.41) is 9.04. The molecule has 28 heavy (non-hydrogen) atoms. The number of halogens is 4. The second-order valence-corrected chi connectivity index (χ2v) is 6.10. The molecular formula is C17H25F3IN5O2. The second kappa shape index (κ2) is 11.9. The van der Waals surface area contributed by atoms with E-state index < -0.39 is 12.8 Å². The molecule has 3 N–H and O–H groups in total. The topological polar surface area (TPSA) is 87.6 Å². The highest BCUT2D eigenvalue weighted by Crippen LogP contribution is 2.28. The van der Waals surface area contributed by atoms with E-state index in [4.69, 9.17) is 0 Å². The number of carbonyl (C=O) groups is 1. The molecule has 0 aliphatic heterocycles. The normalized spacial score (nSPS) is 14.1. The molecule has 0 atom stereocenters. The van der Waals surface area contributed by atoms with Gasteiger partial charge in [-0.15, -0.1) is 24.0 Å². The monoisotopic (exact) mass is 515 g/mol. The van der Waals surface area contributed by atoms with E-state index in [9.17, 15) is 18.0 Å². The summed E-state index contributed by atoms with van der Waals surface area (Å²) in [7, 11) is 0. The van der Waals surface area contributed by atoms with E-state index in [-0.39, 0.29) is 41.7 Å². The molecule has 1 aromatic rings. The minimum Gasteiger partial charge on any atom is -0.468 e. The van der Waals surface area contributed by atoms with Gasteiger partial charge in [0.2, 0.25) is 11.8 Å². The molecule has 1 saturated carbocycles. The van der Waals surface area contributed by atoms with E-state index in [2.05, 4.69) is 30.7 Å². The molecule has 1 amide bonds. The number of guanidine groups is 1. The zero-order valence-corrected chi connectivity index (χ0v) is 17.8. The van der Waals surface area contributed by atoms with Gasteiger partial charge in [0.25, 0.3) is 0 Å². The second-order valence-electron chi connectivity index (χ2n) is 6.10. The molecule has 2 rings (SSSR count). The Kier molecular flexibility index (Phi) is 10.3. The van der Waals surface area contributed by atoms with Gasteiger partial charge in [0.05, 0.1) is 6.54 Å². The molecule has 1 aromatic heterocycles. The number of nitrogens with zero attached hydrogens (tertiary/aromatic N) is 2. The molecule has 0 saturated heterocycles. The van der Waals surface area contributed by atoms with Crippen LogP contribution in [0.1, 0.15) is 25.3 Å². The van der Waals surface area contributed by atoms with Gasteiger partial charge in [-0.05, 0) is 25.3 Å². The molecule has 11 heteroatoms. The molecule has 1 fully saturated rings. The first kappa shape index (κ1) is 24.2. The zero-order chi connectivity index (χ0) is 19.7. The number of hydrogen-bond acceptors (Lipinski definition) is 4. The Bertz CT molecular complexity index is 637. The van der Waals surface area contributed by atoms with Crippen LogP contribution in [0, 0.1) is 5.92 Å². The van der Waals surface area contributed by atoms with Crippen LogP contribution in [0.25, 0.3) is 0 Å². The molecule has 1 aliphatic carbocycles. The van der Waals surface area contributed by atoms with Gasteiger partial charge in [-0.1, -0.05) is 6.07 Å². The molecule has 7 nitrogen and oxygen atoms in total. The standard InChI is InChI=1S/C17H24F3N5O2.HI/c1-2-21-16(23-8-7-22-15(26)13-4-5-13)25-10-12-3-6-14(24-9-12)27-11-17(18,19)20;/h3,6,9,13H,2,4-5,7-8,10-11H2,1H3,(H,22,26)(H2,21,23,25);1H. The molecule has 1 heterocycles. The maximum atomic E-state index is 12.1. The van der Waals surface area contributed by atoms with Crippen molar-refractivity contribution < 1.29 is 22.7 Å². The molecule has 0 spiro atoms. The molecule has 1 aliphatic rings. The Morgan fingerprint density at radius 2 is 1.96 bits per heavy atom. The Labute approximate surface area is 178 Å². The van der Waals surface area contributed by atoms with E-state index in [0.29, 0.717) is 32.1 Å². The van der Waals surface area contributed by atoms with Gasteiger partial charge in [0.15, 0.2) is 12.6 Å². The lowest BCUT2D eigenvalue weighted by molar-refractivity contribution is -0.154. The summed E-state index contributed by atoms with van der Waals surface area (Å²) in [6, 6.07) is 2.99.